The second kappa shape index (κ2) is 10.1. The molecule has 4 nitrogen and oxygen atoms in total. The second-order valence-corrected chi connectivity index (χ2v) is 8.06. The van der Waals surface area contributed by atoms with E-state index in [0.717, 1.165) is 26.0 Å². The van der Waals surface area contributed by atoms with Gasteiger partial charge in [-0.25, -0.2) is 0 Å². The number of ether oxygens (including phenoxy) is 1. The first-order valence-corrected chi connectivity index (χ1v) is 10.8. The Bertz CT molecular complexity index is 1270. The molecule has 0 N–H and O–H groups in total. The summed E-state index contributed by atoms with van der Waals surface area (Å²) in [5, 5.41) is 15.6. The zero-order chi connectivity index (χ0) is 21.5. The normalized spacial score (nSPS) is 10.8. The fraction of sp³-hybridized carbons (Fsp3) is 0.0769. The largest absolute Gasteiger partial charge is 0.488 e. The molecule has 31 heavy (non-hydrogen) atoms. The fourth-order valence-corrected chi connectivity index (χ4v) is 3.94. The van der Waals surface area contributed by atoms with E-state index in [-0.39, 0.29) is 6.61 Å². The average molecular weight is 518 g/mol. The van der Waals surface area contributed by atoms with Gasteiger partial charge in [0.15, 0.2) is 0 Å². The molecule has 0 atom stereocenters. The molecule has 0 unspecified atom stereocenters. The molecule has 5 heteroatoms. The van der Waals surface area contributed by atoms with Crippen LogP contribution in [0.3, 0.4) is 0 Å². The highest BCUT2D eigenvalue weighted by Gasteiger charge is 2.05. The van der Waals surface area contributed by atoms with E-state index in [0.29, 0.717) is 12.2 Å². The van der Waals surface area contributed by atoms with Gasteiger partial charge in [-0.05, 0) is 68.8 Å². The standard InChI is InChI=1S/C26H19IN2O2/c27-25-14-19(16-29-31-18-22-8-2-1-7-21(22)15-28)12-13-26(25)30-17-23-10-5-9-20-6-3-4-11-24(20)23/h1-14,16H,17-18H2/b29-16-. The Hall–Kier alpha value is -3.37. The maximum Gasteiger partial charge on any atom is 0.143 e. The summed E-state index contributed by atoms with van der Waals surface area (Å²) in [5.41, 5.74) is 3.48. The molecule has 0 aliphatic heterocycles. The van der Waals surface area contributed by atoms with Crippen LogP contribution >= 0.6 is 22.6 Å². The average Bonchev–Trinajstić information content (AvgIpc) is 2.81. The molecule has 0 aliphatic carbocycles. The number of rotatable bonds is 7. The molecule has 0 saturated heterocycles. The number of fused-ring (bicyclic) bond motifs is 1. The minimum absolute atomic E-state index is 0.254. The molecule has 0 saturated carbocycles. The van der Waals surface area contributed by atoms with E-state index in [4.69, 9.17) is 14.8 Å². The van der Waals surface area contributed by atoms with Crippen LogP contribution in [0.5, 0.6) is 5.75 Å². The number of nitriles is 1. The first-order valence-electron chi connectivity index (χ1n) is 9.77. The van der Waals surface area contributed by atoms with Gasteiger partial charge in [0.2, 0.25) is 0 Å². The summed E-state index contributed by atoms with van der Waals surface area (Å²) >= 11 is 2.26. The molecule has 0 heterocycles. The lowest BCUT2D eigenvalue weighted by molar-refractivity contribution is 0.132. The zero-order valence-corrected chi connectivity index (χ0v) is 18.8. The van der Waals surface area contributed by atoms with E-state index in [1.807, 2.05) is 48.5 Å². The minimum Gasteiger partial charge on any atom is -0.488 e. The number of oxime groups is 1. The van der Waals surface area contributed by atoms with Crippen molar-refractivity contribution in [1.82, 2.24) is 0 Å². The summed E-state index contributed by atoms with van der Waals surface area (Å²) in [6.07, 6.45) is 1.66. The highest BCUT2D eigenvalue weighted by molar-refractivity contribution is 14.1. The summed E-state index contributed by atoms with van der Waals surface area (Å²) in [4.78, 5) is 5.37. The van der Waals surface area contributed by atoms with Crippen LogP contribution in [0.1, 0.15) is 22.3 Å². The van der Waals surface area contributed by atoms with Crippen molar-refractivity contribution in [2.45, 2.75) is 13.2 Å². The molecule has 4 rings (SSSR count). The Labute approximate surface area is 194 Å². The van der Waals surface area contributed by atoms with E-state index >= 15 is 0 Å². The molecule has 0 aromatic heterocycles. The van der Waals surface area contributed by atoms with E-state index < -0.39 is 0 Å². The molecular formula is C26H19IN2O2. The van der Waals surface area contributed by atoms with Gasteiger partial charge >= 0.3 is 0 Å². The minimum atomic E-state index is 0.254. The van der Waals surface area contributed by atoms with Gasteiger partial charge in [-0.3, -0.25) is 0 Å². The number of nitrogens with zero attached hydrogens (tertiary/aromatic N) is 2. The van der Waals surface area contributed by atoms with Gasteiger partial charge in [-0.2, -0.15) is 5.26 Å². The molecule has 0 radical (unpaired) electrons. The number of benzene rings is 4. The molecule has 152 valence electrons. The van der Waals surface area contributed by atoms with Gasteiger partial charge in [0.1, 0.15) is 19.0 Å². The second-order valence-electron chi connectivity index (χ2n) is 6.89. The Morgan fingerprint density at radius 2 is 1.65 bits per heavy atom. The van der Waals surface area contributed by atoms with Crippen molar-refractivity contribution in [2.75, 3.05) is 0 Å². The zero-order valence-electron chi connectivity index (χ0n) is 16.7. The van der Waals surface area contributed by atoms with Gasteiger partial charge in [0, 0.05) is 5.56 Å². The number of hydrogen-bond donors (Lipinski definition) is 0. The molecule has 0 fully saturated rings. The molecular weight excluding hydrogens is 499 g/mol. The summed E-state index contributed by atoms with van der Waals surface area (Å²) in [6, 6.07) is 29.9. The molecule has 0 bridgehead atoms. The van der Waals surface area contributed by atoms with Crippen molar-refractivity contribution < 1.29 is 9.57 Å². The number of halogens is 1. The van der Waals surface area contributed by atoms with Crippen LogP contribution in [0.25, 0.3) is 10.8 Å². The fourth-order valence-electron chi connectivity index (χ4n) is 3.25. The first-order chi connectivity index (χ1) is 15.2. The molecule has 0 spiro atoms. The highest BCUT2D eigenvalue weighted by atomic mass is 127. The van der Waals surface area contributed by atoms with Crippen molar-refractivity contribution in [3.63, 3.8) is 0 Å². The van der Waals surface area contributed by atoms with E-state index in [1.165, 1.54) is 10.8 Å². The quantitative estimate of drug-likeness (QED) is 0.161. The third-order valence-corrected chi connectivity index (χ3v) is 5.70. The van der Waals surface area contributed by atoms with Crippen LogP contribution < -0.4 is 4.74 Å². The lowest BCUT2D eigenvalue weighted by atomic mass is 10.1. The summed E-state index contributed by atoms with van der Waals surface area (Å²) < 4.78 is 7.08. The summed E-state index contributed by atoms with van der Waals surface area (Å²) in [5.74, 6) is 0.828. The third-order valence-electron chi connectivity index (χ3n) is 4.85. The Balaban J connectivity index is 1.38. The number of hydrogen-bond acceptors (Lipinski definition) is 4. The van der Waals surface area contributed by atoms with E-state index in [1.54, 1.807) is 12.3 Å². The topological polar surface area (TPSA) is 54.6 Å². The Morgan fingerprint density at radius 1 is 0.871 bits per heavy atom. The van der Waals surface area contributed by atoms with Gasteiger partial charge in [-0.1, -0.05) is 65.8 Å². The van der Waals surface area contributed by atoms with Crippen molar-refractivity contribution >= 4 is 39.6 Å². The monoisotopic (exact) mass is 518 g/mol. The lowest BCUT2D eigenvalue weighted by Crippen LogP contribution is -1.98. The van der Waals surface area contributed by atoms with E-state index in [9.17, 15) is 0 Å². The third kappa shape index (κ3) is 5.22. The van der Waals surface area contributed by atoms with Crippen LogP contribution in [-0.4, -0.2) is 6.21 Å². The predicted molar refractivity (Wildman–Crippen MR) is 131 cm³/mol. The summed E-state index contributed by atoms with van der Waals surface area (Å²) in [6.45, 7) is 0.760. The van der Waals surface area contributed by atoms with Crippen molar-refractivity contribution in [3.8, 4) is 11.8 Å². The Morgan fingerprint density at radius 3 is 2.52 bits per heavy atom. The maximum absolute atomic E-state index is 9.12. The molecule has 0 aliphatic rings. The van der Waals surface area contributed by atoms with Crippen molar-refractivity contribution in [1.29, 1.82) is 5.26 Å². The van der Waals surface area contributed by atoms with Crippen LogP contribution in [-0.2, 0) is 18.1 Å². The van der Waals surface area contributed by atoms with Gasteiger partial charge in [-0.15, -0.1) is 0 Å². The first kappa shape index (κ1) is 20.9. The summed E-state index contributed by atoms with van der Waals surface area (Å²) in [7, 11) is 0. The predicted octanol–water partition coefficient (Wildman–Crippen LogP) is 6.45. The van der Waals surface area contributed by atoms with Crippen LogP contribution in [0, 0.1) is 14.9 Å². The van der Waals surface area contributed by atoms with Crippen LogP contribution in [0.15, 0.2) is 90.1 Å². The smallest absolute Gasteiger partial charge is 0.143 e. The van der Waals surface area contributed by atoms with E-state index in [2.05, 4.69) is 64.1 Å². The van der Waals surface area contributed by atoms with Gasteiger partial charge in [0.05, 0.1) is 21.4 Å². The highest BCUT2D eigenvalue weighted by Crippen LogP contribution is 2.25. The van der Waals surface area contributed by atoms with Crippen molar-refractivity contribution in [3.05, 3.63) is 111 Å². The Kier molecular flexibility index (Phi) is 6.80. The van der Waals surface area contributed by atoms with Crippen molar-refractivity contribution in [2.24, 2.45) is 5.16 Å². The molecule has 4 aromatic carbocycles. The lowest BCUT2D eigenvalue weighted by Gasteiger charge is -2.11. The van der Waals surface area contributed by atoms with Gasteiger partial charge in [0.25, 0.3) is 0 Å². The molecule has 0 amide bonds. The maximum atomic E-state index is 9.12. The SMILES string of the molecule is N#Cc1ccccc1CO/N=C\c1ccc(OCc2cccc3ccccc23)c(I)c1. The van der Waals surface area contributed by atoms with Gasteiger partial charge < -0.3 is 9.57 Å². The molecule has 4 aromatic rings. The van der Waals surface area contributed by atoms with Crippen LogP contribution in [0.4, 0.5) is 0 Å². The van der Waals surface area contributed by atoms with Crippen LogP contribution in [0.2, 0.25) is 0 Å².